The van der Waals surface area contributed by atoms with Crippen LogP contribution in [0.1, 0.15) is 0 Å². The number of rotatable bonds is 4. The molecule has 0 saturated heterocycles. The van der Waals surface area contributed by atoms with Crippen molar-refractivity contribution in [3.63, 3.8) is 0 Å². The molecule has 0 aliphatic heterocycles. The Labute approximate surface area is 110 Å². The van der Waals surface area contributed by atoms with E-state index < -0.39 is 11.9 Å². The fraction of sp³-hybridized carbons (Fsp3) is 0. The van der Waals surface area contributed by atoms with E-state index in [2.05, 4.69) is 4.98 Å². The summed E-state index contributed by atoms with van der Waals surface area (Å²) in [6, 6.07) is 7.39. The molecular formula is C11H7NO4S2. The van der Waals surface area contributed by atoms with Crippen LogP contribution in [0, 0.1) is 0 Å². The molecule has 18 heavy (non-hydrogen) atoms. The average Bonchev–Trinajstić information content (AvgIpc) is 2.69. The summed E-state index contributed by atoms with van der Waals surface area (Å²) in [5, 5.41) is 17.5. The molecular weight excluding hydrogens is 274 g/mol. The molecule has 2 aromatic rings. The SMILES string of the molecule is O=C(O)C=C(Sc1nc2ccccc2s1)C(=O)O. The maximum absolute atomic E-state index is 10.9. The highest BCUT2D eigenvalue weighted by Crippen LogP contribution is 2.33. The van der Waals surface area contributed by atoms with Crippen molar-refractivity contribution < 1.29 is 19.8 Å². The predicted molar refractivity (Wildman–Crippen MR) is 68.8 cm³/mol. The van der Waals surface area contributed by atoms with Crippen LogP contribution in [0.15, 0.2) is 39.6 Å². The average molecular weight is 281 g/mol. The quantitative estimate of drug-likeness (QED) is 0.661. The van der Waals surface area contributed by atoms with Crippen molar-refractivity contribution in [2.45, 2.75) is 4.34 Å². The second kappa shape index (κ2) is 5.19. The molecule has 0 aliphatic carbocycles. The summed E-state index contributed by atoms with van der Waals surface area (Å²) in [7, 11) is 0. The molecule has 0 amide bonds. The number of carbonyl (C=O) groups is 2. The van der Waals surface area contributed by atoms with Crippen LogP contribution in [0.5, 0.6) is 0 Å². The molecule has 0 spiro atoms. The van der Waals surface area contributed by atoms with E-state index in [1.165, 1.54) is 11.3 Å². The molecule has 2 rings (SSSR count). The van der Waals surface area contributed by atoms with Crippen LogP contribution in [0.4, 0.5) is 0 Å². The first-order chi connectivity index (χ1) is 8.56. The lowest BCUT2D eigenvalue weighted by Crippen LogP contribution is -2.00. The van der Waals surface area contributed by atoms with Gasteiger partial charge in [0, 0.05) is 6.08 Å². The first-order valence-corrected chi connectivity index (χ1v) is 6.41. The van der Waals surface area contributed by atoms with Gasteiger partial charge < -0.3 is 10.2 Å². The van der Waals surface area contributed by atoms with Crippen molar-refractivity contribution in [3.8, 4) is 0 Å². The van der Waals surface area contributed by atoms with Crippen LogP contribution in [-0.2, 0) is 9.59 Å². The zero-order valence-electron chi connectivity index (χ0n) is 8.86. The molecule has 2 N–H and O–H groups in total. The molecule has 1 heterocycles. The van der Waals surface area contributed by atoms with E-state index in [9.17, 15) is 9.59 Å². The van der Waals surface area contributed by atoms with Gasteiger partial charge in [-0.2, -0.15) is 0 Å². The standard InChI is InChI=1S/C11H7NO4S2/c13-9(14)5-8(10(15)16)18-11-12-6-3-1-2-4-7(6)17-11/h1-5H,(H,13,14)(H,15,16). The van der Waals surface area contributed by atoms with Gasteiger partial charge in [-0.15, -0.1) is 11.3 Å². The number of fused-ring (bicyclic) bond motifs is 1. The molecule has 1 aromatic heterocycles. The molecule has 0 radical (unpaired) electrons. The van der Waals surface area contributed by atoms with E-state index in [-0.39, 0.29) is 4.91 Å². The lowest BCUT2D eigenvalue weighted by atomic mass is 10.3. The number of para-hydroxylation sites is 1. The molecule has 0 saturated carbocycles. The summed E-state index contributed by atoms with van der Waals surface area (Å²) in [5.41, 5.74) is 0.769. The van der Waals surface area contributed by atoms with E-state index in [0.29, 0.717) is 10.4 Å². The van der Waals surface area contributed by atoms with Crippen LogP contribution in [0.2, 0.25) is 0 Å². The first kappa shape index (κ1) is 12.6. The molecule has 0 unspecified atom stereocenters. The van der Waals surface area contributed by atoms with Crippen LogP contribution in [0.25, 0.3) is 10.2 Å². The largest absolute Gasteiger partial charge is 0.478 e. The fourth-order valence-corrected chi connectivity index (χ4v) is 3.22. The molecule has 7 heteroatoms. The Morgan fingerprint density at radius 2 is 2.00 bits per heavy atom. The van der Waals surface area contributed by atoms with Gasteiger partial charge in [0.25, 0.3) is 0 Å². The zero-order chi connectivity index (χ0) is 13.1. The Morgan fingerprint density at radius 1 is 1.28 bits per heavy atom. The summed E-state index contributed by atoms with van der Waals surface area (Å²) >= 11 is 2.16. The highest BCUT2D eigenvalue weighted by Gasteiger charge is 2.14. The molecule has 5 nitrogen and oxygen atoms in total. The summed E-state index contributed by atoms with van der Waals surface area (Å²) < 4.78 is 1.44. The van der Waals surface area contributed by atoms with E-state index >= 15 is 0 Å². The Hall–Kier alpha value is -1.86. The minimum absolute atomic E-state index is 0.262. The number of hydrogen-bond donors (Lipinski definition) is 2. The molecule has 92 valence electrons. The molecule has 1 aromatic carbocycles. The van der Waals surface area contributed by atoms with Gasteiger partial charge in [-0.1, -0.05) is 23.9 Å². The van der Waals surface area contributed by atoms with Crippen molar-refractivity contribution >= 4 is 45.3 Å². The van der Waals surface area contributed by atoms with Crippen LogP contribution < -0.4 is 0 Å². The minimum atomic E-state index is -1.29. The number of benzene rings is 1. The van der Waals surface area contributed by atoms with Gasteiger partial charge in [0.2, 0.25) is 0 Å². The highest BCUT2D eigenvalue weighted by molar-refractivity contribution is 8.05. The summed E-state index contributed by atoms with van der Waals surface area (Å²) in [6.07, 6.45) is 0.666. The van der Waals surface area contributed by atoms with Crippen molar-refractivity contribution in [1.29, 1.82) is 0 Å². The number of carboxylic acids is 2. The normalized spacial score (nSPS) is 11.7. The van der Waals surface area contributed by atoms with Gasteiger partial charge in [-0.05, 0) is 12.1 Å². The predicted octanol–water partition coefficient (Wildman–Crippen LogP) is 2.44. The lowest BCUT2D eigenvalue weighted by molar-refractivity contribution is -0.134. The highest BCUT2D eigenvalue weighted by atomic mass is 32.2. The number of aliphatic carboxylic acids is 2. The zero-order valence-corrected chi connectivity index (χ0v) is 10.5. The van der Waals surface area contributed by atoms with Crippen LogP contribution >= 0.6 is 23.1 Å². The van der Waals surface area contributed by atoms with E-state index in [1.54, 1.807) is 0 Å². The minimum Gasteiger partial charge on any atom is -0.478 e. The summed E-state index contributed by atoms with van der Waals surface area (Å²) in [5.74, 6) is -2.57. The number of thioether (sulfide) groups is 1. The second-order valence-corrected chi connectivity index (χ2v) is 5.52. The maximum Gasteiger partial charge on any atom is 0.342 e. The van der Waals surface area contributed by atoms with Gasteiger partial charge in [0.05, 0.1) is 10.2 Å². The Balaban J connectivity index is 2.31. The number of nitrogens with zero attached hydrogens (tertiary/aromatic N) is 1. The van der Waals surface area contributed by atoms with E-state index in [4.69, 9.17) is 10.2 Å². The number of thiazole rings is 1. The third-order valence-electron chi connectivity index (χ3n) is 1.94. The third-order valence-corrected chi connectivity index (χ3v) is 4.05. The summed E-state index contributed by atoms with van der Waals surface area (Å²) in [6.45, 7) is 0. The molecule has 0 aliphatic rings. The molecule has 0 fully saturated rings. The Morgan fingerprint density at radius 3 is 2.61 bits per heavy atom. The topological polar surface area (TPSA) is 87.5 Å². The van der Waals surface area contributed by atoms with Gasteiger partial charge in [0.15, 0.2) is 4.34 Å². The monoisotopic (exact) mass is 281 g/mol. The van der Waals surface area contributed by atoms with Crippen LogP contribution in [0.3, 0.4) is 0 Å². The maximum atomic E-state index is 10.9. The smallest absolute Gasteiger partial charge is 0.342 e. The number of hydrogen-bond acceptors (Lipinski definition) is 5. The fourth-order valence-electron chi connectivity index (χ4n) is 1.24. The van der Waals surface area contributed by atoms with Crippen molar-refractivity contribution in [1.82, 2.24) is 4.98 Å². The molecule has 0 atom stereocenters. The van der Waals surface area contributed by atoms with Crippen molar-refractivity contribution in [3.05, 3.63) is 35.2 Å². The van der Waals surface area contributed by atoms with Crippen molar-refractivity contribution in [2.24, 2.45) is 0 Å². The Bertz CT molecular complexity index is 614. The Kier molecular flexibility index (Phi) is 3.63. The van der Waals surface area contributed by atoms with Gasteiger partial charge in [-0.3, -0.25) is 0 Å². The number of carboxylic acid groups (broad SMARTS) is 2. The van der Waals surface area contributed by atoms with Crippen molar-refractivity contribution in [2.75, 3.05) is 0 Å². The van der Waals surface area contributed by atoms with E-state index in [1.807, 2.05) is 24.3 Å². The van der Waals surface area contributed by atoms with Gasteiger partial charge >= 0.3 is 11.9 Å². The summed E-state index contributed by atoms with van der Waals surface area (Å²) in [4.78, 5) is 25.3. The lowest BCUT2D eigenvalue weighted by Gasteiger charge is -1.96. The third kappa shape index (κ3) is 2.88. The second-order valence-electron chi connectivity index (χ2n) is 3.20. The molecule has 0 bridgehead atoms. The van der Waals surface area contributed by atoms with Crippen LogP contribution in [-0.4, -0.2) is 27.1 Å². The van der Waals surface area contributed by atoms with E-state index in [0.717, 1.165) is 22.0 Å². The van der Waals surface area contributed by atoms with Gasteiger partial charge in [-0.25, -0.2) is 14.6 Å². The van der Waals surface area contributed by atoms with Gasteiger partial charge in [0.1, 0.15) is 4.91 Å². The number of aromatic nitrogens is 1. The first-order valence-electron chi connectivity index (χ1n) is 4.77.